The second kappa shape index (κ2) is 6.27. The molecule has 0 saturated carbocycles. The Morgan fingerprint density at radius 2 is 2.29 bits per heavy atom. The summed E-state index contributed by atoms with van der Waals surface area (Å²) in [7, 11) is 1.00. The van der Waals surface area contributed by atoms with Crippen LogP contribution in [0, 0.1) is 0 Å². The third-order valence-electron chi connectivity index (χ3n) is 0.627. The molecule has 0 aromatic rings. The van der Waals surface area contributed by atoms with Gasteiger partial charge in [-0.1, -0.05) is 0 Å². The molecule has 1 rings (SSSR count). The Hall–Kier alpha value is 0.270. The Labute approximate surface area is 48.3 Å². The molecule has 0 unspecified atom stereocenters. The maximum atomic E-state index is 7.00. The van der Waals surface area contributed by atoms with Crippen LogP contribution < -0.4 is 5.32 Å². The molecule has 0 amide bonds. The zero-order chi connectivity index (χ0) is 5.54. The normalized spacial score (nSPS) is 18.0. The number of thioether (sulfide) groups is 1. The summed E-state index contributed by atoms with van der Waals surface area (Å²) in [5, 5.41) is 10.2. The van der Waals surface area contributed by atoms with E-state index >= 15 is 0 Å². The maximum Gasteiger partial charge on any atom is 0.0418 e. The lowest BCUT2D eigenvalue weighted by atomic mass is 10.8. The molecule has 1 aliphatic heterocycles. The zero-order valence-corrected chi connectivity index (χ0v) is 5.29. The van der Waals surface area contributed by atoms with E-state index in [9.17, 15) is 0 Å². The fourth-order valence-corrected chi connectivity index (χ4v) is 1.08. The quantitative estimate of drug-likeness (QED) is 0.469. The van der Waals surface area contributed by atoms with Gasteiger partial charge >= 0.3 is 0 Å². The van der Waals surface area contributed by atoms with Gasteiger partial charge in [0, 0.05) is 25.3 Å². The van der Waals surface area contributed by atoms with E-state index < -0.39 is 0 Å². The van der Waals surface area contributed by atoms with Gasteiger partial charge in [-0.2, -0.15) is 0 Å². The average molecular weight is 121 g/mol. The smallest absolute Gasteiger partial charge is 0.0418 e. The van der Waals surface area contributed by atoms with Crippen LogP contribution in [0.1, 0.15) is 0 Å². The third-order valence-corrected chi connectivity index (χ3v) is 1.53. The predicted octanol–water partition coefficient (Wildman–Crippen LogP) is -0.111. The molecular formula is C4H11NOS. The Morgan fingerprint density at radius 1 is 1.57 bits per heavy atom. The van der Waals surface area contributed by atoms with Crippen LogP contribution in [0.25, 0.3) is 0 Å². The highest BCUT2D eigenvalue weighted by atomic mass is 32.2. The summed E-state index contributed by atoms with van der Waals surface area (Å²) in [6.07, 6.45) is 0. The highest BCUT2D eigenvalue weighted by Crippen LogP contribution is 1.99. The number of nitrogens with one attached hydrogen (secondary N) is 1. The Bertz CT molecular complexity index is 23.3. The highest BCUT2D eigenvalue weighted by molar-refractivity contribution is 7.99. The van der Waals surface area contributed by atoms with E-state index in [1.54, 1.807) is 0 Å². The standard InChI is InChI=1S/C3H7NS.CH4O/c1-2-5-3-4-1;1-2/h4H,1-3H2;2H,1H3. The van der Waals surface area contributed by atoms with Gasteiger partial charge in [-0.15, -0.1) is 11.8 Å². The SMILES string of the molecule is C1CSCN1.CO. The molecule has 0 bridgehead atoms. The zero-order valence-electron chi connectivity index (χ0n) is 4.48. The van der Waals surface area contributed by atoms with Gasteiger partial charge in [-0.05, 0) is 0 Å². The Morgan fingerprint density at radius 3 is 2.43 bits per heavy atom. The van der Waals surface area contributed by atoms with Crippen molar-refractivity contribution >= 4 is 11.8 Å². The van der Waals surface area contributed by atoms with Crippen molar-refractivity contribution in [1.29, 1.82) is 0 Å². The fourth-order valence-electron chi connectivity index (χ4n) is 0.361. The number of aliphatic hydroxyl groups excluding tert-OH is 1. The van der Waals surface area contributed by atoms with Crippen LogP contribution in [0.4, 0.5) is 0 Å². The second-order valence-electron chi connectivity index (χ2n) is 1.05. The largest absolute Gasteiger partial charge is 0.400 e. The molecule has 1 fully saturated rings. The van der Waals surface area contributed by atoms with Crippen molar-refractivity contribution in [3.63, 3.8) is 0 Å². The van der Waals surface area contributed by atoms with Crippen LogP contribution in [0.15, 0.2) is 0 Å². The molecule has 0 aliphatic carbocycles. The fraction of sp³-hybridized carbons (Fsp3) is 1.00. The van der Waals surface area contributed by atoms with Crippen LogP contribution in [0.3, 0.4) is 0 Å². The molecule has 0 atom stereocenters. The summed E-state index contributed by atoms with van der Waals surface area (Å²) < 4.78 is 0. The molecule has 0 spiro atoms. The Kier molecular flexibility index (Phi) is 6.51. The van der Waals surface area contributed by atoms with E-state index in [2.05, 4.69) is 5.32 Å². The van der Waals surface area contributed by atoms with Crippen molar-refractivity contribution in [1.82, 2.24) is 5.32 Å². The van der Waals surface area contributed by atoms with E-state index in [0.717, 1.165) is 7.11 Å². The van der Waals surface area contributed by atoms with Gasteiger partial charge in [0.05, 0.1) is 0 Å². The molecule has 0 aromatic heterocycles. The van der Waals surface area contributed by atoms with Crippen molar-refractivity contribution in [2.45, 2.75) is 0 Å². The van der Waals surface area contributed by atoms with Gasteiger partial charge in [0.2, 0.25) is 0 Å². The van der Waals surface area contributed by atoms with Crippen LogP contribution >= 0.6 is 11.8 Å². The summed E-state index contributed by atoms with van der Waals surface area (Å²) in [6, 6.07) is 0. The second-order valence-corrected chi connectivity index (χ2v) is 2.16. The topological polar surface area (TPSA) is 32.3 Å². The summed E-state index contributed by atoms with van der Waals surface area (Å²) in [4.78, 5) is 0. The van der Waals surface area contributed by atoms with Crippen molar-refractivity contribution in [3.8, 4) is 0 Å². The molecule has 2 nitrogen and oxygen atoms in total. The molecule has 44 valence electrons. The summed E-state index contributed by atoms with van der Waals surface area (Å²) in [5.41, 5.74) is 0. The molecule has 0 radical (unpaired) electrons. The molecule has 0 aromatic carbocycles. The summed E-state index contributed by atoms with van der Waals surface area (Å²) >= 11 is 1.96. The van der Waals surface area contributed by atoms with Crippen LogP contribution in [0.2, 0.25) is 0 Å². The van der Waals surface area contributed by atoms with Gasteiger partial charge in [0.1, 0.15) is 0 Å². The van der Waals surface area contributed by atoms with Gasteiger partial charge in [0.15, 0.2) is 0 Å². The average Bonchev–Trinajstić information content (AvgIpc) is 2.23. The van der Waals surface area contributed by atoms with Crippen LogP contribution in [0.5, 0.6) is 0 Å². The Balaban J connectivity index is 0.000000162. The minimum Gasteiger partial charge on any atom is -0.400 e. The first-order valence-electron chi connectivity index (χ1n) is 2.23. The molecule has 1 aliphatic rings. The van der Waals surface area contributed by atoms with Crippen LogP contribution in [-0.2, 0) is 0 Å². The maximum absolute atomic E-state index is 7.00. The molecule has 1 heterocycles. The van der Waals surface area contributed by atoms with E-state index in [1.807, 2.05) is 11.8 Å². The van der Waals surface area contributed by atoms with E-state index in [-0.39, 0.29) is 0 Å². The minimum atomic E-state index is 1.00. The van der Waals surface area contributed by atoms with E-state index in [4.69, 9.17) is 5.11 Å². The lowest BCUT2D eigenvalue weighted by molar-refractivity contribution is 0.399. The monoisotopic (exact) mass is 121 g/mol. The van der Waals surface area contributed by atoms with Crippen LogP contribution in [-0.4, -0.2) is 30.4 Å². The third kappa shape index (κ3) is 4.12. The van der Waals surface area contributed by atoms with Crippen molar-refractivity contribution in [2.75, 3.05) is 25.3 Å². The summed E-state index contributed by atoms with van der Waals surface area (Å²) in [5.74, 6) is 2.47. The lowest BCUT2D eigenvalue weighted by Gasteiger charge is -1.74. The number of hydrogen-bond donors (Lipinski definition) is 2. The highest BCUT2D eigenvalue weighted by Gasteiger charge is 1.93. The van der Waals surface area contributed by atoms with Gasteiger partial charge in [-0.3, -0.25) is 0 Å². The molecule has 1 saturated heterocycles. The van der Waals surface area contributed by atoms with E-state index in [1.165, 1.54) is 18.2 Å². The molecule has 7 heavy (non-hydrogen) atoms. The number of aliphatic hydroxyl groups is 1. The first-order chi connectivity index (χ1) is 3.50. The van der Waals surface area contributed by atoms with Gasteiger partial charge in [0.25, 0.3) is 0 Å². The van der Waals surface area contributed by atoms with E-state index in [0.29, 0.717) is 0 Å². The van der Waals surface area contributed by atoms with Crippen molar-refractivity contribution < 1.29 is 5.11 Å². The molecule has 3 heteroatoms. The lowest BCUT2D eigenvalue weighted by Crippen LogP contribution is -2.04. The number of rotatable bonds is 0. The van der Waals surface area contributed by atoms with Crippen molar-refractivity contribution in [2.24, 2.45) is 0 Å². The molecular weight excluding hydrogens is 110 g/mol. The predicted molar refractivity (Wildman–Crippen MR) is 33.5 cm³/mol. The first-order valence-corrected chi connectivity index (χ1v) is 3.39. The first kappa shape index (κ1) is 7.27. The van der Waals surface area contributed by atoms with Crippen molar-refractivity contribution in [3.05, 3.63) is 0 Å². The minimum absolute atomic E-state index is 1.00. The molecule has 2 N–H and O–H groups in total. The summed E-state index contributed by atoms with van der Waals surface area (Å²) in [6.45, 7) is 1.21. The number of hydrogen-bond acceptors (Lipinski definition) is 3. The van der Waals surface area contributed by atoms with Gasteiger partial charge in [-0.25, -0.2) is 0 Å². The van der Waals surface area contributed by atoms with Gasteiger partial charge < -0.3 is 10.4 Å².